The maximum Gasteiger partial charge on any atom is 0.368 e. The van der Waals surface area contributed by atoms with Gasteiger partial charge in [-0.3, -0.25) is 14.4 Å². The van der Waals surface area contributed by atoms with Crippen LogP contribution >= 0.6 is 7.60 Å². The fourth-order valence-electron chi connectivity index (χ4n) is 0.269. The first kappa shape index (κ1) is 25.2. The summed E-state index contributed by atoms with van der Waals surface area (Å²) < 4.78 is 14.6. The molecule has 0 aromatic rings. The molecule has 1 unspecified atom stereocenters. The topological polar surface area (TPSA) is 96.2 Å². The Morgan fingerprint density at radius 3 is 2.21 bits per heavy atom. The van der Waals surface area contributed by atoms with Crippen LogP contribution in [0.1, 0.15) is 0 Å². The third kappa shape index (κ3) is 16.7. The number of carbonyl (C=O) groups is 1. The number of aliphatic carboxylic acids is 1. The minimum atomic E-state index is -3.78. The second-order valence-corrected chi connectivity index (χ2v) is 3.32. The van der Waals surface area contributed by atoms with Gasteiger partial charge in [-0.05, 0) is 0 Å². The van der Waals surface area contributed by atoms with Crippen LogP contribution in [0.15, 0.2) is 4.99 Å². The normalized spacial score (nSPS) is 13.0. The molecule has 0 aliphatic carbocycles. The molecule has 0 aliphatic rings. The standard InChI is InChI=1S/C4H8NO5P.3Na/c1-10-11(8,9)3-5-2-4(6)7;;;/h3H,2H2,1H3,(H,6,7)(H,8,9);;;. The van der Waals surface area contributed by atoms with Crippen LogP contribution in [0.2, 0.25) is 0 Å². The molecule has 0 bridgehead atoms. The van der Waals surface area contributed by atoms with Crippen molar-refractivity contribution in [2.75, 3.05) is 13.7 Å². The van der Waals surface area contributed by atoms with Crippen molar-refractivity contribution in [1.29, 1.82) is 0 Å². The van der Waals surface area contributed by atoms with Crippen molar-refractivity contribution in [2.45, 2.75) is 0 Å². The van der Waals surface area contributed by atoms with E-state index in [1.165, 1.54) is 0 Å². The molecular formula is C4H8NNa3O5P. The third-order valence-corrected chi connectivity index (χ3v) is 1.69. The minimum Gasteiger partial charge on any atom is -0.480 e. The van der Waals surface area contributed by atoms with Crippen LogP contribution in [0.5, 0.6) is 0 Å². The number of aliphatic imine (C=N–C) groups is 1. The summed E-state index contributed by atoms with van der Waals surface area (Å²) in [5.41, 5.74) is 0. The Balaban J connectivity index is -0.000000167. The minimum absolute atomic E-state index is 0. The summed E-state index contributed by atoms with van der Waals surface area (Å²) in [6, 6.07) is 0. The van der Waals surface area contributed by atoms with E-state index in [0.29, 0.717) is 5.96 Å². The van der Waals surface area contributed by atoms with Gasteiger partial charge in [0.15, 0.2) is 0 Å². The van der Waals surface area contributed by atoms with E-state index < -0.39 is 20.1 Å². The summed E-state index contributed by atoms with van der Waals surface area (Å²) in [5, 5.41) is 8.06. The number of hydrogen-bond acceptors (Lipinski definition) is 4. The average molecular weight is 250 g/mol. The molecule has 6 nitrogen and oxygen atoms in total. The fourth-order valence-corrected chi connectivity index (χ4v) is 0.652. The number of rotatable bonds is 4. The van der Waals surface area contributed by atoms with E-state index >= 15 is 0 Å². The quantitative estimate of drug-likeness (QED) is 0.370. The summed E-state index contributed by atoms with van der Waals surface area (Å²) in [6.07, 6.45) is 0. The monoisotopic (exact) mass is 250 g/mol. The Morgan fingerprint density at radius 2 is 1.93 bits per heavy atom. The SMILES string of the molecule is COP(=O)(O)C=NCC(=O)O.[Na].[Na].[Na]. The predicted octanol–water partition coefficient (Wildman–Crippen LogP) is -1.21. The van der Waals surface area contributed by atoms with Crippen molar-refractivity contribution < 1.29 is 23.9 Å². The summed E-state index contributed by atoms with van der Waals surface area (Å²) in [7, 11) is -2.75. The molecule has 0 fully saturated rings. The van der Waals surface area contributed by atoms with Crippen molar-refractivity contribution in [3.05, 3.63) is 0 Å². The van der Waals surface area contributed by atoms with Crippen molar-refractivity contribution in [2.24, 2.45) is 4.99 Å². The zero-order valence-electron chi connectivity index (χ0n) is 8.80. The second kappa shape index (κ2) is 13.4. The van der Waals surface area contributed by atoms with E-state index in [1.54, 1.807) is 0 Å². The number of hydrogen-bond donors (Lipinski definition) is 2. The molecule has 14 heavy (non-hydrogen) atoms. The molecule has 0 heterocycles. The molecule has 3 radical (unpaired) electrons. The summed E-state index contributed by atoms with van der Waals surface area (Å²) in [5.74, 6) is -0.571. The summed E-state index contributed by atoms with van der Waals surface area (Å²) in [6.45, 7) is -0.534. The van der Waals surface area contributed by atoms with E-state index in [-0.39, 0.29) is 88.7 Å². The Bertz CT molecular complexity index is 223. The first-order valence-corrected chi connectivity index (χ1v) is 4.23. The molecule has 10 heteroatoms. The third-order valence-electron chi connectivity index (χ3n) is 0.716. The Morgan fingerprint density at radius 1 is 1.50 bits per heavy atom. The van der Waals surface area contributed by atoms with Gasteiger partial charge in [-0.2, -0.15) is 0 Å². The molecule has 0 spiro atoms. The van der Waals surface area contributed by atoms with Gasteiger partial charge in [-0.1, -0.05) is 0 Å². The fraction of sp³-hybridized carbons (Fsp3) is 0.500. The Labute approximate surface area is 148 Å². The van der Waals surface area contributed by atoms with E-state index in [4.69, 9.17) is 10.00 Å². The van der Waals surface area contributed by atoms with Crippen molar-refractivity contribution in [1.82, 2.24) is 0 Å². The van der Waals surface area contributed by atoms with E-state index in [0.717, 1.165) is 7.11 Å². The first-order chi connectivity index (χ1) is 4.98. The molecular weight excluding hydrogens is 242 g/mol. The summed E-state index contributed by atoms with van der Waals surface area (Å²) >= 11 is 0. The molecule has 0 rings (SSSR count). The molecule has 0 saturated carbocycles. The van der Waals surface area contributed by atoms with Gasteiger partial charge in [-0.25, -0.2) is 0 Å². The Kier molecular flexibility index (Phi) is 24.1. The van der Waals surface area contributed by atoms with Crippen LogP contribution in [0.3, 0.4) is 0 Å². The molecule has 67 valence electrons. The second-order valence-electron chi connectivity index (χ2n) is 1.60. The van der Waals surface area contributed by atoms with Crippen molar-refractivity contribution in [3.8, 4) is 0 Å². The molecule has 0 aliphatic heterocycles. The Hall–Kier alpha value is 2.29. The molecule has 0 aromatic carbocycles. The van der Waals surface area contributed by atoms with Crippen molar-refractivity contribution in [3.63, 3.8) is 0 Å². The molecule has 2 N–H and O–H groups in total. The molecule has 1 atom stereocenters. The zero-order chi connectivity index (χ0) is 8.91. The van der Waals surface area contributed by atoms with Crippen LogP contribution in [-0.2, 0) is 13.9 Å². The summed E-state index contributed by atoms with van der Waals surface area (Å²) in [4.78, 5) is 21.6. The van der Waals surface area contributed by atoms with E-state index in [1.807, 2.05) is 0 Å². The zero-order valence-corrected chi connectivity index (χ0v) is 15.7. The predicted molar refractivity (Wildman–Crippen MR) is 55.1 cm³/mol. The van der Waals surface area contributed by atoms with Crippen LogP contribution in [-0.4, -0.2) is 124 Å². The molecule has 0 aromatic heterocycles. The molecule has 0 saturated heterocycles. The number of nitrogens with zero attached hydrogens (tertiary/aromatic N) is 1. The van der Waals surface area contributed by atoms with E-state index in [9.17, 15) is 9.36 Å². The van der Waals surface area contributed by atoms with Gasteiger partial charge >= 0.3 is 13.6 Å². The average Bonchev–Trinajstić information content (AvgIpc) is 1.87. The van der Waals surface area contributed by atoms with Gasteiger partial charge in [0, 0.05) is 95.8 Å². The molecule has 0 amide bonds. The van der Waals surface area contributed by atoms with Crippen molar-refractivity contribution >= 4 is 108 Å². The van der Waals surface area contributed by atoms with Crippen LogP contribution in [0, 0.1) is 0 Å². The van der Waals surface area contributed by atoms with Crippen LogP contribution < -0.4 is 0 Å². The van der Waals surface area contributed by atoms with Gasteiger partial charge in [-0.15, -0.1) is 0 Å². The van der Waals surface area contributed by atoms with Gasteiger partial charge in [0.25, 0.3) is 0 Å². The number of carboxylic acid groups (broad SMARTS) is 1. The van der Waals surface area contributed by atoms with Gasteiger partial charge in [0.05, 0.1) is 0 Å². The van der Waals surface area contributed by atoms with Crippen LogP contribution in [0.4, 0.5) is 0 Å². The smallest absolute Gasteiger partial charge is 0.368 e. The van der Waals surface area contributed by atoms with E-state index in [2.05, 4.69) is 9.52 Å². The maximum atomic E-state index is 10.6. The largest absolute Gasteiger partial charge is 0.480 e. The first-order valence-electron chi connectivity index (χ1n) is 2.59. The van der Waals surface area contributed by atoms with Gasteiger partial charge < -0.3 is 14.5 Å². The van der Waals surface area contributed by atoms with Gasteiger partial charge in [0.2, 0.25) is 0 Å². The number of carboxylic acids is 1. The maximum absolute atomic E-state index is 10.6. The van der Waals surface area contributed by atoms with Crippen LogP contribution in [0.25, 0.3) is 0 Å². The van der Waals surface area contributed by atoms with Gasteiger partial charge in [0.1, 0.15) is 12.5 Å².